The zero-order valence-corrected chi connectivity index (χ0v) is 9.10. The number of aldehydes is 1. The van der Waals surface area contributed by atoms with Crippen molar-refractivity contribution in [3.8, 4) is 0 Å². The summed E-state index contributed by atoms with van der Waals surface area (Å²) in [7, 11) is 0. The predicted molar refractivity (Wildman–Crippen MR) is 52.7 cm³/mol. The average Bonchev–Trinajstić information content (AvgIpc) is 1.82. The third-order valence-corrected chi connectivity index (χ3v) is 1.65. The minimum Gasteiger partial charge on any atom is -0.303 e. The van der Waals surface area contributed by atoms with Crippen molar-refractivity contribution in [2.24, 2.45) is 0 Å². The molecular formula is C10H19NO2. The lowest BCUT2D eigenvalue weighted by molar-refractivity contribution is -0.127. The Kier molecular flexibility index (Phi) is 3.79. The highest BCUT2D eigenvalue weighted by Gasteiger charge is 2.30. The summed E-state index contributed by atoms with van der Waals surface area (Å²) in [6.45, 7) is 9.56. The van der Waals surface area contributed by atoms with E-state index in [1.807, 2.05) is 20.8 Å². The van der Waals surface area contributed by atoms with Crippen LogP contribution in [-0.2, 0) is 9.59 Å². The maximum Gasteiger partial charge on any atom is 0.159 e. The van der Waals surface area contributed by atoms with Gasteiger partial charge in [0.15, 0.2) is 5.78 Å². The molecule has 0 atom stereocenters. The molecule has 0 aliphatic heterocycles. The van der Waals surface area contributed by atoms with Gasteiger partial charge in [0.25, 0.3) is 0 Å². The Balaban J connectivity index is 4.38. The van der Waals surface area contributed by atoms with Crippen LogP contribution in [0, 0.1) is 0 Å². The molecule has 0 saturated heterocycles. The SMILES string of the molecule is CC(C)(C)NC(C)(C)C(=O)CC=O. The van der Waals surface area contributed by atoms with Gasteiger partial charge >= 0.3 is 0 Å². The van der Waals surface area contributed by atoms with E-state index in [9.17, 15) is 9.59 Å². The van der Waals surface area contributed by atoms with Crippen LogP contribution in [0.4, 0.5) is 0 Å². The zero-order valence-electron chi connectivity index (χ0n) is 9.10. The molecule has 13 heavy (non-hydrogen) atoms. The maximum absolute atomic E-state index is 11.4. The van der Waals surface area contributed by atoms with Crippen LogP contribution >= 0.6 is 0 Å². The monoisotopic (exact) mass is 185 g/mol. The van der Waals surface area contributed by atoms with Crippen molar-refractivity contribution in [1.82, 2.24) is 5.32 Å². The van der Waals surface area contributed by atoms with E-state index in [0.29, 0.717) is 6.29 Å². The fraction of sp³-hybridized carbons (Fsp3) is 0.800. The normalized spacial score (nSPS) is 12.7. The van der Waals surface area contributed by atoms with Gasteiger partial charge in [-0.2, -0.15) is 0 Å². The molecular weight excluding hydrogens is 166 g/mol. The minimum atomic E-state index is -0.626. The van der Waals surface area contributed by atoms with Crippen molar-refractivity contribution >= 4 is 12.1 Å². The molecule has 0 fully saturated rings. The molecule has 1 N–H and O–H groups in total. The zero-order chi connectivity index (χ0) is 10.7. The lowest BCUT2D eigenvalue weighted by atomic mass is 9.93. The Morgan fingerprint density at radius 1 is 1.23 bits per heavy atom. The molecule has 0 aliphatic rings. The summed E-state index contributed by atoms with van der Waals surface area (Å²) in [5, 5.41) is 3.17. The second-order valence-electron chi connectivity index (χ2n) is 4.79. The van der Waals surface area contributed by atoms with E-state index >= 15 is 0 Å². The van der Waals surface area contributed by atoms with Gasteiger partial charge in [-0.3, -0.25) is 4.79 Å². The van der Waals surface area contributed by atoms with Crippen LogP contribution in [0.1, 0.15) is 41.0 Å². The standard InChI is InChI=1S/C10H19NO2/c1-9(2,3)11-10(4,5)8(13)6-7-12/h7,11H,6H2,1-5H3. The molecule has 0 radical (unpaired) electrons. The van der Waals surface area contributed by atoms with Crippen LogP contribution in [0.5, 0.6) is 0 Å². The largest absolute Gasteiger partial charge is 0.303 e. The number of rotatable bonds is 4. The second kappa shape index (κ2) is 4.01. The van der Waals surface area contributed by atoms with Gasteiger partial charge in [-0.25, -0.2) is 0 Å². The van der Waals surface area contributed by atoms with Gasteiger partial charge < -0.3 is 10.1 Å². The van der Waals surface area contributed by atoms with E-state index in [4.69, 9.17) is 0 Å². The quantitative estimate of drug-likeness (QED) is 0.530. The summed E-state index contributed by atoms with van der Waals surface area (Å²) in [5.41, 5.74) is -0.749. The molecule has 0 bridgehead atoms. The Labute approximate surface area is 79.9 Å². The first-order valence-electron chi connectivity index (χ1n) is 4.45. The van der Waals surface area contributed by atoms with Crippen molar-refractivity contribution < 1.29 is 9.59 Å². The lowest BCUT2D eigenvalue weighted by Crippen LogP contribution is -2.55. The fourth-order valence-corrected chi connectivity index (χ4v) is 1.34. The molecule has 0 aromatic rings. The first-order chi connectivity index (χ1) is 5.69. The first-order valence-corrected chi connectivity index (χ1v) is 4.45. The number of hydrogen-bond acceptors (Lipinski definition) is 3. The number of hydrogen-bond donors (Lipinski definition) is 1. The third kappa shape index (κ3) is 4.78. The summed E-state index contributed by atoms with van der Waals surface area (Å²) in [5.74, 6) is -0.0718. The van der Waals surface area contributed by atoms with Gasteiger partial charge in [-0.15, -0.1) is 0 Å². The van der Waals surface area contributed by atoms with Crippen molar-refractivity contribution in [3.05, 3.63) is 0 Å². The number of ketones is 1. The molecule has 0 aromatic heterocycles. The van der Waals surface area contributed by atoms with Crippen molar-refractivity contribution in [1.29, 1.82) is 0 Å². The van der Waals surface area contributed by atoms with Gasteiger partial charge in [0, 0.05) is 5.54 Å². The summed E-state index contributed by atoms with van der Waals surface area (Å²) < 4.78 is 0. The van der Waals surface area contributed by atoms with Gasteiger partial charge in [0.2, 0.25) is 0 Å². The molecule has 0 spiro atoms. The molecule has 0 unspecified atom stereocenters. The number of nitrogens with one attached hydrogen (secondary N) is 1. The van der Waals surface area contributed by atoms with Crippen LogP contribution in [0.15, 0.2) is 0 Å². The Morgan fingerprint density at radius 3 is 2.00 bits per heavy atom. The molecule has 3 nitrogen and oxygen atoms in total. The van der Waals surface area contributed by atoms with Crippen molar-refractivity contribution in [2.45, 2.75) is 52.1 Å². The van der Waals surface area contributed by atoms with Gasteiger partial charge in [0.05, 0.1) is 12.0 Å². The lowest BCUT2D eigenvalue weighted by Gasteiger charge is -2.33. The molecule has 0 saturated carbocycles. The van der Waals surface area contributed by atoms with E-state index in [0.717, 1.165) is 0 Å². The topological polar surface area (TPSA) is 46.2 Å². The Morgan fingerprint density at radius 2 is 1.69 bits per heavy atom. The van der Waals surface area contributed by atoms with Gasteiger partial charge in [-0.05, 0) is 34.6 Å². The van der Waals surface area contributed by atoms with E-state index in [1.54, 1.807) is 13.8 Å². The maximum atomic E-state index is 11.4. The summed E-state index contributed by atoms with van der Waals surface area (Å²) >= 11 is 0. The van der Waals surface area contributed by atoms with Crippen molar-refractivity contribution in [3.63, 3.8) is 0 Å². The van der Waals surface area contributed by atoms with Crippen molar-refractivity contribution in [2.75, 3.05) is 0 Å². The van der Waals surface area contributed by atoms with Crippen LogP contribution in [0.25, 0.3) is 0 Å². The van der Waals surface area contributed by atoms with Crippen LogP contribution in [-0.4, -0.2) is 23.1 Å². The number of carbonyl (C=O) groups is 2. The molecule has 0 amide bonds. The third-order valence-electron chi connectivity index (χ3n) is 1.65. The molecule has 0 aliphatic carbocycles. The molecule has 76 valence electrons. The minimum absolute atomic E-state index is 0.0178. The molecule has 0 heterocycles. The number of carbonyl (C=O) groups excluding carboxylic acids is 2. The van der Waals surface area contributed by atoms with E-state index in [1.165, 1.54) is 0 Å². The summed E-state index contributed by atoms with van der Waals surface area (Å²) in [6.07, 6.45) is 0.629. The van der Waals surface area contributed by atoms with Crippen LogP contribution in [0.3, 0.4) is 0 Å². The van der Waals surface area contributed by atoms with Gasteiger partial charge in [0.1, 0.15) is 6.29 Å². The average molecular weight is 185 g/mol. The smallest absolute Gasteiger partial charge is 0.159 e. The van der Waals surface area contributed by atoms with Crippen LogP contribution < -0.4 is 5.32 Å². The molecule has 0 rings (SSSR count). The van der Waals surface area contributed by atoms with E-state index in [-0.39, 0.29) is 17.7 Å². The second-order valence-corrected chi connectivity index (χ2v) is 4.79. The molecule has 3 heteroatoms. The summed E-state index contributed by atoms with van der Waals surface area (Å²) in [4.78, 5) is 21.6. The van der Waals surface area contributed by atoms with E-state index in [2.05, 4.69) is 5.32 Å². The molecule has 0 aromatic carbocycles. The Hall–Kier alpha value is -0.700. The summed E-state index contributed by atoms with van der Waals surface area (Å²) in [6, 6.07) is 0. The number of Topliss-reactive ketones (excluding diaryl/α,β-unsaturated/α-hetero) is 1. The van der Waals surface area contributed by atoms with E-state index < -0.39 is 5.54 Å². The Bertz CT molecular complexity index is 201. The highest BCUT2D eigenvalue weighted by Crippen LogP contribution is 2.12. The predicted octanol–water partition coefficient (Wildman–Crippen LogP) is 1.31. The van der Waals surface area contributed by atoms with Gasteiger partial charge in [-0.1, -0.05) is 0 Å². The first kappa shape index (κ1) is 12.3. The van der Waals surface area contributed by atoms with Crippen LogP contribution in [0.2, 0.25) is 0 Å². The highest BCUT2D eigenvalue weighted by atomic mass is 16.1. The fourth-order valence-electron chi connectivity index (χ4n) is 1.34. The highest BCUT2D eigenvalue weighted by molar-refractivity contribution is 5.96.